The Labute approximate surface area is 305 Å². The number of nitrogens with two attached hydrogens (primary N) is 2. The van der Waals surface area contributed by atoms with E-state index in [4.69, 9.17) is 39.2 Å². The average Bonchev–Trinajstić information content (AvgIpc) is 3.59. The van der Waals surface area contributed by atoms with Crippen LogP contribution in [-0.4, -0.2) is 73.3 Å². The number of hydrogen-bond acceptors (Lipinski definition) is 15. The number of hydrogen-bond donors (Lipinski definition) is 3. The number of benzene rings is 2. The van der Waals surface area contributed by atoms with Gasteiger partial charge in [-0.15, -0.1) is 0 Å². The van der Waals surface area contributed by atoms with Gasteiger partial charge in [0.2, 0.25) is 5.95 Å². The number of phosphoric ester groups is 1. The van der Waals surface area contributed by atoms with Crippen LogP contribution >= 0.6 is 7.82 Å². The zero-order chi connectivity index (χ0) is 38.5. The maximum absolute atomic E-state index is 16.3. The summed E-state index contributed by atoms with van der Waals surface area (Å²) in [7, 11) is -4.73. The van der Waals surface area contributed by atoms with Crippen LogP contribution in [0.15, 0.2) is 54.9 Å². The molecule has 53 heavy (non-hydrogen) atoms. The highest BCUT2D eigenvalue weighted by atomic mass is 31.2. The van der Waals surface area contributed by atoms with Crippen molar-refractivity contribution in [2.75, 3.05) is 18.1 Å². The van der Waals surface area contributed by atoms with E-state index >= 15 is 4.39 Å². The molecule has 0 spiro atoms. The second-order valence-electron chi connectivity index (χ2n) is 13.1. The van der Waals surface area contributed by atoms with Gasteiger partial charge in [0, 0.05) is 12.8 Å². The first-order chi connectivity index (χ1) is 25.1. The van der Waals surface area contributed by atoms with Crippen molar-refractivity contribution >= 4 is 42.7 Å². The number of aromatic nitrogens is 4. The van der Waals surface area contributed by atoms with Gasteiger partial charge in [-0.3, -0.25) is 18.7 Å². The van der Waals surface area contributed by atoms with Crippen molar-refractivity contribution in [1.82, 2.24) is 19.5 Å². The molecule has 1 aliphatic rings. The Morgan fingerprint density at radius 2 is 1.47 bits per heavy atom. The standard InChI is InChI=1S/C35H44FN6O10P/c1-20(2)48-27(43)16-14-22-10-6-8-12-24(22)51-53(46,52-25-13-9-7-11-23(25)15-17-28(44)49-21(3)4)47-18-26-30(45)35(5,36)33(50-26)42-19-39-29-31(37)40-34(38)41-32(29)42/h6-13,19-21,26,30,33,45H,14-18H2,1-5H3,(H4,37,38,40,41)/t26-,30+,33-,35+/m1/s1. The second-order valence-corrected chi connectivity index (χ2v) is 14.7. The molecule has 0 unspecified atom stereocenters. The Morgan fingerprint density at radius 1 is 0.943 bits per heavy atom. The molecule has 2 aromatic carbocycles. The summed E-state index contributed by atoms with van der Waals surface area (Å²) in [6, 6.07) is 13.1. The molecule has 0 saturated carbocycles. The van der Waals surface area contributed by atoms with E-state index in [1.165, 1.54) is 23.0 Å². The molecule has 1 fully saturated rings. The summed E-state index contributed by atoms with van der Waals surface area (Å²) < 4.78 is 66.4. The van der Waals surface area contributed by atoms with Gasteiger partial charge in [-0.25, -0.2) is 13.9 Å². The Balaban J connectivity index is 1.42. The van der Waals surface area contributed by atoms with Gasteiger partial charge in [-0.1, -0.05) is 36.4 Å². The lowest BCUT2D eigenvalue weighted by Gasteiger charge is -2.25. The number of aryl methyl sites for hydroxylation is 2. The number of rotatable bonds is 16. The summed E-state index contributed by atoms with van der Waals surface area (Å²) in [5.74, 6) is -0.933. The third-order valence-corrected chi connectivity index (χ3v) is 9.43. The molecule has 2 aromatic heterocycles. The first-order valence-electron chi connectivity index (χ1n) is 17.0. The van der Waals surface area contributed by atoms with E-state index in [2.05, 4.69) is 15.0 Å². The number of imidazole rings is 1. The van der Waals surface area contributed by atoms with Crippen molar-refractivity contribution in [2.24, 2.45) is 0 Å². The first-order valence-corrected chi connectivity index (χ1v) is 18.5. The van der Waals surface area contributed by atoms with E-state index in [1.54, 1.807) is 64.1 Å². The number of anilines is 2. The topological polar surface area (TPSA) is 222 Å². The fourth-order valence-corrected chi connectivity index (χ4v) is 6.98. The van der Waals surface area contributed by atoms with Crippen LogP contribution in [0.25, 0.3) is 11.2 Å². The molecule has 5 N–H and O–H groups in total. The van der Waals surface area contributed by atoms with E-state index in [1.807, 2.05) is 0 Å². The Kier molecular flexibility index (Phi) is 12.2. The van der Waals surface area contributed by atoms with Gasteiger partial charge in [-0.05, 0) is 70.7 Å². The molecule has 4 atom stereocenters. The van der Waals surface area contributed by atoms with Crippen molar-refractivity contribution in [1.29, 1.82) is 0 Å². The predicted octanol–water partition coefficient (Wildman–Crippen LogP) is 5.03. The van der Waals surface area contributed by atoms with E-state index in [0.717, 1.165) is 6.92 Å². The number of phosphoric acid groups is 1. The molecule has 1 aliphatic heterocycles. The highest BCUT2D eigenvalue weighted by Crippen LogP contribution is 2.52. The lowest BCUT2D eigenvalue weighted by Crippen LogP contribution is -2.40. The number of fused-ring (bicyclic) bond motifs is 1. The third-order valence-electron chi connectivity index (χ3n) is 8.13. The molecule has 0 amide bonds. The van der Waals surface area contributed by atoms with Gasteiger partial charge in [0.1, 0.15) is 29.2 Å². The minimum atomic E-state index is -4.73. The lowest BCUT2D eigenvalue weighted by atomic mass is 9.98. The van der Waals surface area contributed by atoms with Gasteiger partial charge in [0.05, 0.1) is 25.1 Å². The normalized spacial score (nSPS) is 20.2. The fourth-order valence-electron chi connectivity index (χ4n) is 5.67. The van der Waals surface area contributed by atoms with Crippen LogP contribution in [0, 0.1) is 0 Å². The predicted molar refractivity (Wildman–Crippen MR) is 190 cm³/mol. The Hall–Kier alpha value is -4.83. The number of alkyl halides is 1. The summed E-state index contributed by atoms with van der Waals surface area (Å²) in [5.41, 5.74) is 10.4. The summed E-state index contributed by atoms with van der Waals surface area (Å²) in [5, 5.41) is 11.1. The van der Waals surface area contributed by atoms with Crippen molar-refractivity contribution in [3.05, 3.63) is 66.0 Å². The van der Waals surface area contributed by atoms with Gasteiger partial charge in [-0.2, -0.15) is 9.97 Å². The molecule has 5 rings (SSSR count). The zero-order valence-electron chi connectivity index (χ0n) is 30.0. The number of aliphatic hydroxyl groups is 1. The molecular formula is C35H44FN6O10P. The maximum Gasteiger partial charge on any atom is 0.587 e. The van der Waals surface area contributed by atoms with Crippen LogP contribution in [0.4, 0.5) is 16.2 Å². The molecule has 18 heteroatoms. The van der Waals surface area contributed by atoms with Crippen LogP contribution in [0.5, 0.6) is 11.5 Å². The summed E-state index contributed by atoms with van der Waals surface area (Å²) in [6.45, 7) is 7.40. The number of nitrogen functional groups attached to an aromatic ring is 2. The highest BCUT2D eigenvalue weighted by Gasteiger charge is 2.56. The third kappa shape index (κ3) is 9.59. The molecule has 4 aromatic rings. The number of esters is 2. The summed E-state index contributed by atoms with van der Waals surface area (Å²) in [6.07, 6.45) is -3.76. The number of ether oxygens (including phenoxy) is 3. The van der Waals surface area contributed by atoms with Crippen molar-refractivity contribution in [2.45, 2.75) is 96.6 Å². The monoisotopic (exact) mass is 758 g/mol. The maximum atomic E-state index is 16.3. The highest BCUT2D eigenvalue weighted by molar-refractivity contribution is 7.49. The van der Waals surface area contributed by atoms with E-state index in [9.17, 15) is 19.3 Å². The molecule has 16 nitrogen and oxygen atoms in total. The van der Waals surface area contributed by atoms with Crippen LogP contribution in [0.2, 0.25) is 0 Å². The van der Waals surface area contributed by atoms with Gasteiger partial charge >= 0.3 is 19.8 Å². The fraction of sp³-hybridized carbons (Fsp3) is 0.457. The first kappa shape index (κ1) is 39.4. The average molecular weight is 759 g/mol. The number of halogens is 1. The van der Waals surface area contributed by atoms with Crippen LogP contribution in [0.1, 0.15) is 64.8 Å². The van der Waals surface area contributed by atoms with Crippen LogP contribution in [-0.2, 0) is 45.7 Å². The van der Waals surface area contributed by atoms with Crippen molar-refractivity contribution < 1.29 is 51.4 Å². The molecule has 1 saturated heterocycles. The Bertz CT molecular complexity index is 1900. The van der Waals surface area contributed by atoms with E-state index < -0.39 is 50.5 Å². The summed E-state index contributed by atoms with van der Waals surface area (Å²) in [4.78, 5) is 36.8. The largest absolute Gasteiger partial charge is 0.587 e. The molecule has 0 radical (unpaired) electrons. The molecular weight excluding hydrogens is 714 g/mol. The Morgan fingerprint density at radius 3 is 2.00 bits per heavy atom. The van der Waals surface area contributed by atoms with E-state index in [-0.39, 0.29) is 72.3 Å². The minimum absolute atomic E-state index is 0.00358. The van der Waals surface area contributed by atoms with Crippen LogP contribution < -0.4 is 20.5 Å². The molecule has 0 bridgehead atoms. The number of carbonyl (C=O) groups excluding carboxylic acids is 2. The van der Waals surface area contributed by atoms with Crippen LogP contribution in [0.3, 0.4) is 0 Å². The smallest absolute Gasteiger partial charge is 0.463 e. The van der Waals surface area contributed by atoms with Crippen molar-refractivity contribution in [3.8, 4) is 11.5 Å². The van der Waals surface area contributed by atoms with Gasteiger partial charge in [0.15, 0.2) is 23.4 Å². The molecule has 0 aliphatic carbocycles. The number of nitrogens with zero attached hydrogens (tertiary/aromatic N) is 4. The second kappa shape index (κ2) is 16.5. The number of carbonyl (C=O) groups is 2. The minimum Gasteiger partial charge on any atom is -0.463 e. The quantitative estimate of drug-likeness (QED) is 0.101. The number of aliphatic hydroxyl groups excluding tert-OH is 1. The number of para-hydroxylation sites is 2. The lowest BCUT2D eigenvalue weighted by molar-refractivity contribution is -0.148. The van der Waals surface area contributed by atoms with Crippen molar-refractivity contribution in [3.63, 3.8) is 0 Å². The molecule has 286 valence electrons. The van der Waals surface area contributed by atoms with Gasteiger partial charge < -0.3 is 39.8 Å². The summed E-state index contributed by atoms with van der Waals surface area (Å²) >= 11 is 0. The molecule has 3 heterocycles. The van der Waals surface area contributed by atoms with E-state index in [0.29, 0.717) is 11.1 Å². The zero-order valence-corrected chi connectivity index (χ0v) is 30.9. The van der Waals surface area contributed by atoms with Gasteiger partial charge in [0.25, 0.3) is 0 Å². The SMILES string of the molecule is CC(C)OC(=O)CCc1ccccc1OP(=O)(OC[C@H]1O[C@@H](n2cnc3c(N)nc(N)nc32)[C@@](C)(F)[C@H]1O)Oc1ccccc1CCC(=O)OC(C)C.